The minimum atomic E-state index is -0.543. The molecule has 0 aliphatic heterocycles. The number of ether oxygens (including phenoxy) is 2. The molecule has 6 nitrogen and oxygen atoms in total. The van der Waals surface area contributed by atoms with Gasteiger partial charge in [0.1, 0.15) is 11.8 Å². The lowest BCUT2D eigenvalue weighted by Crippen LogP contribution is -2.49. The van der Waals surface area contributed by atoms with E-state index in [0.717, 1.165) is 17.7 Å². The van der Waals surface area contributed by atoms with Gasteiger partial charge in [-0.3, -0.25) is 9.59 Å². The number of rotatable bonds is 11. The summed E-state index contributed by atoms with van der Waals surface area (Å²) in [6.07, 6.45) is 0.753. The first-order valence-corrected chi connectivity index (χ1v) is 9.19. The van der Waals surface area contributed by atoms with E-state index in [0.29, 0.717) is 26.3 Å². The molecule has 1 aromatic rings. The van der Waals surface area contributed by atoms with Crippen molar-refractivity contribution < 1.29 is 19.1 Å². The maximum Gasteiger partial charge on any atom is 0.242 e. The van der Waals surface area contributed by atoms with Crippen LogP contribution in [0.3, 0.4) is 0 Å². The monoisotopic (exact) mass is 364 g/mol. The Kier molecular flexibility index (Phi) is 9.73. The Morgan fingerprint density at radius 3 is 2.35 bits per heavy atom. The van der Waals surface area contributed by atoms with Gasteiger partial charge in [-0.25, -0.2) is 0 Å². The van der Waals surface area contributed by atoms with Gasteiger partial charge in [0.2, 0.25) is 11.8 Å². The Bertz CT molecular complexity index is 557. The van der Waals surface area contributed by atoms with E-state index in [2.05, 4.69) is 5.32 Å². The molecule has 0 aliphatic rings. The van der Waals surface area contributed by atoms with E-state index < -0.39 is 6.04 Å². The van der Waals surface area contributed by atoms with E-state index in [9.17, 15) is 9.59 Å². The fourth-order valence-electron chi connectivity index (χ4n) is 2.48. The lowest BCUT2D eigenvalue weighted by atomic mass is 10.1. The molecule has 1 rings (SSSR count). The molecule has 1 aromatic carbocycles. The zero-order valence-electron chi connectivity index (χ0n) is 16.6. The van der Waals surface area contributed by atoms with Gasteiger partial charge in [-0.15, -0.1) is 0 Å². The fraction of sp³-hybridized carbons (Fsp3) is 0.600. The fourth-order valence-corrected chi connectivity index (χ4v) is 2.48. The molecule has 1 N–H and O–H groups in total. The summed E-state index contributed by atoms with van der Waals surface area (Å²) in [7, 11) is 1.61. The van der Waals surface area contributed by atoms with Gasteiger partial charge in [-0.05, 0) is 38.0 Å². The average molecular weight is 364 g/mol. The molecule has 26 heavy (non-hydrogen) atoms. The Hall–Kier alpha value is -2.08. The number of methoxy groups -OCH3 is 1. The highest BCUT2D eigenvalue weighted by molar-refractivity contribution is 5.88. The second-order valence-corrected chi connectivity index (χ2v) is 6.49. The van der Waals surface area contributed by atoms with Gasteiger partial charge in [0, 0.05) is 32.2 Å². The number of nitrogens with zero attached hydrogens (tertiary/aromatic N) is 1. The molecule has 6 heteroatoms. The third-order valence-electron chi connectivity index (χ3n) is 4.10. The quantitative estimate of drug-likeness (QED) is 0.613. The molecule has 2 amide bonds. The summed E-state index contributed by atoms with van der Waals surface area (Å²) in [6.45, 7) is 9.60. The van der Waals surface area contributed by atoms with Crippen molar-refractivity contribution in [3.8, 4) is 5.75 Å². The third-order valence-corrected chi connectivity index (χ3v) is 4.10. The van der Waals surface area contributed by atoms with Crippen LogP contribution in [0.1, 0.15) is 39.7 Å². The van der Waals surface area contributed by atoms with Crippen LogP contribution in [0, 0.1) is 5.92 Å². The van der Waals surface area contributed by atoms with E-state index in [1.165, 1.54) is 0 Å². The Labute approximate surface area is 156 Å². The van der Waals surface area contributed by atoms with Crippen LogP contribution in [0.5, 0.6) is 5.75 Å². The largest absolute Gasteiger partial charge is 0.497 e. The van der Waals surface area contributed by atoms with E-state index in [-0.39, 0.29) is 17.7 Å². The number of carbonyl (C=O) groups excluding carboxylic acids is 2. The molecule has 146 valence electrons. The van der Waals surface area contributed by atoms with Crippen LogP contribution in [-0.4, -0.2) is 49.6 Å². The molecule has 0 heterocycles. The molecular weight excluding hydrogens is 332 g/mol. The topological polar surface area (TPSA) is 67.9 Å². The van der Waals surface area contributed by atoms with Gasteiger partial charge < -0.3 is 19.7 Å². The summed E-state index contributed by atoms with van der Waals surface area (Å²) in [5.41, 5.74) is 0.954. The zero-order valence-corrected chi connectivity index (χ0v) is 16.6. The van der Waals surface area contributed by atoms with Crippen molar-refractivity contribution in [2.24, 2.45) is 5.92 Å². The second-order valence-electron chi connectivity index (χ2n) is 6.49. The number of benzene rings is 1. The molecule has 0 aliphatic carbocycles. The average Bonchev–Trinajstić information content (AvgIpc) is 2.65. The predicted octanol–water partition coefficient (Wildman–Crippen LogP) is 2.61. The van der Waals surface area contributed by atoms with Crippen LogP contribution in [-0.2, 0) is 20.9 Å². The summed E-state index contributed by atoms with van der Waals surface area (Å²) >= 11 is 0. The van der Waals surface area contributed by atoms with E-state index >= 15 is 0 Å². The molecule has 1 atom stereocenters. The van der Waals surface area contributed by atoms with Crippen molar-refractivity contribution in [3.63, 3.8) is 0 Å². The van der Waals surface area contributed by atoms with Gasteiger partial charge in [0.15, 0.2) is 0 Å². The zero-order chi connectivity index (χ0) is 19.5. The summed E-state index contributed by atoms with van der Waals surface area (Å²) < 4.78 is 10.4. The molecule has 0 radical (unpaired) electrons. The normalized spacial score (nSPS) is 11.9. The first-order valence-electron chi connectivity index (χ1n) is 9.19. The number of amides is 2. The molecule has 0 saturated heterocycles. The van der Waals surface area contributed by atoms with Crippen molar-refractivity contribution >= 4 is 11.8 Å². The second kappa shape index (κ2) is 11.5. The van der Waals surface area contributed by atoms with Crippen LogP contribution >= 0.6 is 0 Å². The summed E-state index contributed by atoms with van der Waals surface area (Å²) in [5.74, 6) is 0.388. The highest BCUT2D eigenvalue weighted by Gasteiger charge is 2.27. The molecule has 0 bridgehead atoms. The molecule has 0 aromatic heterocycles. The van der Waals surface area contributed by atoms with Crippen LogP contribution in [0.25, 0.3) is 0 Å². The van der Waals surface area contributed by atoms with E-state index in [4.69, 9.17) is 9.47 Å². The predicted molar refractivity (Wildman–Crippen MR) is 102 cm³/mol. The molecule has 0 saturated carbocycles. The Morgan fingerprint density at radius 2 is 1.81 bits per heavy atom. The van der Waals surface area contributed by atoms with Gasteiger partial charge in [0.25, 0.3) is 0 Å². The highest BCUT2D eigenvalue weighted by atomic mass is 16.5. The maximum atomic E-state index is 12.6. The summed E-state index contributed by atoms with van der Waals surface area (Å²) in [5, 5.41) is 2.89. The van der Waals surface area contributed by atoms with E-state index in [1.807, 2.05) is 45.0 Å². The third kappa shape index (κ3) is 7.04. The Morgan fingerprint density at radius 1 is 1.15 bits per heavy atom. The first-order chi connectivity index (χ1) is 12.4. The number of hydrogen-bond acceptors (Lipinski definition) is 4. The van der Waals surface area contributed by atoms with Crippen molar-refractivity contribution in [2.75, 3.05) is 26.9 Å². The van der Waals surface area contributed by atoms with Gasteiger partial charge in [-0.1, -0.05) is 26.0 Å². The number of nitrogens with one attached hydrogen (secondary N) is 1. The smallest absolute Gasteiger partial charge is 0.242 e. The Balaban J connectivity index is 2.74. The SMILES string of the molecule is CCOCCCNC(=O)[C@H](C)N(Cc1ccc(OC)cc1)C(=O)C(C)C. The lowest BCUT2D eigenvalue weighted by Gasteiger charge is -2.30. The highest BCUT2D eigenvalue weighted by Crippen LogP contribution is 2.16. The lowest BCUT2D eigenvalue weighted by molar-refractivity contribution is -0.143. The van der Waals surface area contributed by atoms with E-state index in [1.54, 1.807) is 18.9 Å². The summed E-state index contributed by atoms with van der Waals surface area (Å²) in [6, 6.07) is 6.98. The number of hydrogen-bond donors (Lipinski definition) is 1. The van der Waals surface area contributed by atoms with Crippen molar-refractivity contribution in [1.29, 1.82) is 0 Å². The van der Waals surface area contributed by atoms with Gasteiger partial charge in [0.05, 0.1) is 7.11 Å². The van der Waals surface area contributed by atoms with Gasteiger partial charge >= 0.3 is 0 Å². The minimum Gasteiger partial charge on any atom is -0.497 e. The molecule has 0 unspecified atom stereocenters. The van der Waals surface area contributed by atoms with Crippen LogP contribution < -0.4 is 10.1 Å². The molecular formula is C20H32N2O4. The van der Waals surface area contributed by atoms with Crippen LogP contribution in [0.2, 0.25) is 0 Å². The first kappa shape index (κ1) is 22.0. The van der Waals surface area contributed by atoms with Crippen molar-refractivity contribution in [2.45, 2.75) is 46.7 Å². The minimum absolute atomic E-state index is 0.0437. The van der Waals surface area contributed by atoms with Gasteiger partial charge in [-0.2, -0.15) is 0 Å². The number of carbonyl (C=O) groups is 2. The molecule has 0 spiro atoms. The van der Waals surface area contributed by atoms with Crippen molar-refractivity contribution in [1.82, 2.24) is 10.2 Å². The van der Waals surface area contributed by atoms with Crippen molar-refractivity contribution in [3.05, 3.63) is 29.8 Å². The standard InChI is InChI=1S/C20H32N2O4/c1-6-26-13-7-12-21-19(23)16(4)22(20(24)15(2)3)14-17-8-10-18(25-5)11-9-17/h8-11,15-16H,6-7,12-14H2,1-5H3,(H,21,23)/t16-/m0/s1. The van der Waals surface area contributed by atoms with Crippen LogP contribution in [0.15, 0.2) is 24.3 Å². The van der Waals surface area contributed by atoms with Crippen LogP contribution in [0.4, 0.5) is 0 Å². The summed E-state index contributed by atoms with van der Waals surface area (Å²) in [4.78, 5) is 26.7. The maximum absolute atomic E-state index is 12.6. The molecule has 0 fully saturated rings.